The van der Waals surface area contributed by atoms with Gasteiger partial charge in [0.25, 0.3) is 0 Å². The summed E-state index contributed by atoms with van der Waals surface area (Å²) < 4.78 is 0. The Morgan fingerprint density at radius 2 is 2.27 bits per heavy atom. The second-order valence-electron chi connectivity index (χ2n) is 2.70. The molecule has 1 atom stereocenters. The molecule has 0 aromatic rings. The number of hydrogen-bond acceptors (Lipinski definition) is 2. The summed E-state index contributed by atoms with van der Waals surface area (Å²) in [5, 5.41) is 0. The van der Waals surface area contributed by atoms with Crippen molar-refractivity contribution < 1.29 is 0 Å². The lowest BCUT2D eigenvalue weighted by molar-refractivity contribution is 0.679. The van der Waals surface area contributed by atoms with Crippen LogP contribution < -0.4 is 5.73 Å². The minimum absolute atomic E-state index is 0.358. The van der Waals surface area contributed by atoms with Crippen molar-refractivity contribution in [3.63, 3.8) is 0 Å². The molecule has 0 fully saturated rings. The summed E-state index contributed by atoms with van der Waals surface area (Å²) >= 11 is 0. The molecule has 0 aromatic carbocycles. The molecule has 2 N–H and O–H groups in total. The number of aliphatic imine (C=N–C) groups is 1. The van der Waals surface area contributed by atoms with Crippen LogP contribution in [0.3, 0.4) is 0 Å². The van der Waals surface area contributed by atoms with Gasteiger partial charge in [-0.3, -0.25) is 4.99 Å². The maximum Gasteiger partial charge on any atom is 0.0486 e. The van der Waals surface area contributed by atoms with Gasteiger partial charge in [0, 0.05) is 11.8 Å². The number of nitrogens with two attached hydrogens (primary N) is 1. The summed E-state index contributed by atoms with van der Waals surface area (Å²) in [6.07, 6.45) is 4.97. The van der Waals surface area contributed by atoms with Crippen LogP contribution in [0, 0.1) is 0 Å². The van der Waals surface area contributed by atoms with E-state index in [1.54, 1.807) is 0 Å². The van der Waals surface area contributed by atoms with Crippen molar-refractivity contribution in [2.75, 3.05) is 6.54 Å². The summed E-state index contributed by atoms with van der Waals surface area (Å²) in [7, 11) is 0. The lowest BCUT2D eigenvalue weighted by atomic mass is 10.2. The Labute approximate surface area is 69.2 Å². The first-order valence-corrected chi connectivity index (χ1v) is 4.08. The first-order valence-electron chi connectivity index (χ1n) is 4.08. The minimum atomic E-state index is 0.358. The molecule has 0 aliphatic rings. The molecule has 0 spiro atoms. The van der Waals surface area contributed by atoms with E-state index >= 15 is 0 Å². The highest BCUT2D eigenvalue weighted by molar-refractivity contribution is 5.92. The second kappa shape index (κ2) is 6.10. The molecule has 0 saturated carbocycles. The van der Waals surface area contributed by atoms with E-state index in [9.17, 15) is 0 Å². The molecule has 0 bridgehead atoms. The van der Waals surface area contributed by atoms with Gasteiger partial charge in [-0.1, -0.05) is 6.08 Å². The zero-order chi connectivity index (χ0) is 8.69. The van der Waals surface area contributed by atoms with Crippen LogP contribution in [0.5, 0.6) is 0 Å². The van der Waals surface area contributed by atoms with Gasteiger partial charge < -0.3 is 5.73 Å². The highest BCUT2D eigenvalue weighted by Gasteiger charge is 1.95. The molecule has 0 unspecified atom stereocenters. The average molecular weight is 154 g/mol. The van der Waals surface area contributed by atoms with E-state index in [0.717, 1.165) is 12.1 Å². The maximum atomic E-state index is 5.39. The van der Waals surface area contributed by atoms with Crippen molar-refractivity contribution in [3.05, 3.63) is 12.2 Å². The Kier molecular flexibility index (Phi) is 5.75. The van der Waals surface area contributed by atoms with Crippen LogP contribution in [0.15, 0.2) is 17.1 Å². The Balaban J connectivity index is 3.85. The summed E-state index contributed by atoms with van der Waals surface area (Å²) in [6, 6.07) is 0.358. The van der Waals surface area contributed by atoms with Crippen LogP contribution in [0.1, 0.15) is 27.2 Å². The molecule has 0 aliphatic heterocycles. The summed E-state index contributed by atoms with van der Waals surface area (Å²) in [4.78, 5) is 4.41. The molecule has 2 heteroatoms. The van der Waals surface area contributed by atoms with Gasteiger partial charge in [0.05, 0.1) is 0 Å². The number of hydrogen-bond donors (Lipinski definition) is 1. The van der Waals surface area contributed by atoms with Crippen molar-refractivity contribution in [3.8, 4) is 0 Å². The fourth-order valence-corrected chi connectivity index (χ4v) is 0.938. The monoisotopic (exact) mass is 154 g/mol. The Morgan fingerprint density at radius 1 is 1.64 bits per heavy atom. The quantitative estimate of drug-likeness (QED) is 0.616. The SMILES string of the molecule is C/C=C\C(C)=N[C@H](C)CCN. The largest absolute Gasteiger partial charge is 0.330 e. The van der Waals surface area contributed by atoms with Crippen molar-refractivity contribution in [2.45, 2.75) is 33.2 Å². The van der Waals surface area contributed by atoms with Crippen LogP contribution in [0.25, 0.3) is 0 Å². The van der Waals surface area contributed by atoms with Crippen molar-refractivity contribution in [1.82, 2.24) is 0 Å². The van der Waals surface area contributed by atoms with E-state index in [0.29, 0.717) is 12.6 Å². The van der Waals surface area contributed by atoms with Crippen LogP contribution in [-0.2, 0) is 0 Å². The van der Waals surface area contributed by atoms with Gasteiger partial charge in [-0.05, 0) is 39.8 Å². The van der Waals surface area contributed by atoms with Crippen molar-refractivity contribution in [1.29, 1.82) is 0 Å². The zero-order valence-corrected chi connectivity index (χ0v) is 7.67. The highest BCUT2D eigenvalue weighted by Crippen LogP contribution is 1.96. The van der Waals surface area contributed by atoms with Crippen molar-refractivity contribution in [2.24, 2.45) is 10.7 Å². The van der Waals surface area contributed by atoms with Gasteiger partial charge >= 0.3 is 0 Å². The molecule has 64 valence electrons. The lowest BCUT2D eigenvalue weighted by Gasteiger charge is -2.03. The maximum absolute atomic E-state index is 5.39. The number of rotatable bonds is 4. The fraction of sp³-hybridized carbons (Fsp3) is 0.667. The smallest absolute Gasteiger partial charge is 0.0486 e. The van der Waals surface area contributed by atoms with Gasteiger partial charge in [-0.2, -0.15) is 0 Å². The van der Waals surface area contributed by atoms with Crippen LogP contribution >= 0.6 is 0 Å². The second-order valence-corrected chi connectivity index (χ2v) is 2.70. The van der Waals surface area contributed by atoms with Gasteiger partial charge in [0.1, 0.15) is 0 Å². The van der Waals surface area contributed by atoms with Gasteiger partial charge in [0.2, 0.25) is 0 Å². The summed E-state index contributed by atoms with van der Waals surface area (Å²) in [5.74, 6) is 0. The van der Waals surface area contributed by atoms with E-state index in [4.69, 9.17) is 5.73 Å². The van der Waals surface area contributed by atoms with Crippen molar-refractivity contribution >= 4 is 5.71 Å². The molecular weight excluding hydrogens is 136 g/mol. The molecule has 2 nitrogen and oxygen atoms in total. The lowest BCUT2D eigenvalue weighted by Crippen LogP contribution is -2.09. The Bertz CT molecular complexity index is 148. The third-order valence-corrected chi connectivity index (χ3v) is 1.42. The van der Waals surface area contributed by atoms with Crippen LogP contribution in [0.4, 0.5) is 0 Å². The Morgan fingerprint density at radius 3 is 2.73 bits per heavy atom. The molecule has 0 saturated heterocycles. The van der Waals surface area contributed by atoms with E-state index in [1.165, 1.54) is 0 Å². The molecule has 0 aromatic heterocycles. The number of allylic oxidation sites excluding steroid dienone is 2. The van der Waals surface area contributed by atoms with Gasteiger partial charge in [0.15, 0.2) is 0 Å². The standard InChI is InChI=1S/C9H18N2/c1-4-5-8(2)11-9(3)6-7-10/h4-5,9H,6-7,10H2,1-3H3/b5-4-,11-8?/t9-/m1/s1. The summed E-state index contributed by atoms with van der Waals surface area (Å²) in [6.45, 7) is 6.80. The van der Waals surface area contributed by atoms with E-state index in [1.807, 2.05) is 26.0 Å². The first-order chi connectivity index (χ1) is 5.20. The highest BCUT2D eigenvalue weighted by atomic mass is 14.8. The normalized spacial score (nSPS) is 15.8. The van der Waals surface area contributed by atoms with Gasteiger partial charge in [-0.25, -0.2) is 0 Å². The van der Waals surface area contributed by atoms with Gasteiger partial charge in [-0.15, -0.1) is 0 Å². The third kappa shape index (κ3) is 5.80. The third-order valence-electron chi connectivity index (χ3n) is 1.42. The molecule has 0 aliphatic carbocycles. The van der Waals surface area contributed by atoms with Crippen LogP contribution in [0.2, 0.25) is 0 Å². The van der Waals surface area contributed by atoms with E-state index in [2.05, 4.69) is 11.9 Å². The zero-order valence-electron chi connectivity index (χ0n) is 7.67. The fourth-order valence-electron chi connectivity index (χ4n) is 0.938. The molecule has 0 heterocycles. The minimum Gasteiger partial charge on any atom is -0.330 e. The predicted molar refractivity (Wildman–Crippen MR) is 51.1 cm³/mol. The van der Waals surface area contributed by atoms with E-state index < -0.39 is 0 Å². The molecule has 0 radical (unpaired) electrons. The number of nitrogens with zero attached hydrogens (tertiary/aromatic N) is 1. The first kappa shape index (κ1) is 10.4. The molecule has 11 heavy (non-hydrogen) atoms. The van der Waals surface area contributed by atoms with Crippen LogP contribution in [-0.4, -0.2) is 18.3 Å². The molecule has 0 rings (SSSR count). The molecular formula is C9H18N2. The Hall–Kier alpha value is -0.630. The summed E-state index contributed by atoms with van der Waals surface area (Å²) in [5.41, 5.74) is 6.47. The predicted octanol–water partition coefficient (Wildman–Crippen LogP) is 1.76. The topological polar surface area (TPSA) is 38.4 Å². The molecule has 0 amide bonds. The average Bonchev–Trinajstić information content (AvgIpc) is 1.87. The van der Waals surface area contributed by atoms with E-state index in [-0.39, 0.29) is 0 Å².